The average Bonchev–Trinajstić information content (AvgIpc) is 3.15. The van der Waals surface area contributed by atoms with E-state index in [-0.39, 0.29) is 0 Å². The van der Waals surface area contributed by atoms with Crippen molar-refractivity contribution in [2.75, 3.05) is 12.4 Å². The molecule has 2 aromatic heterocycles. The molecule has 1 aliphatic carbocycles. The predicted octanol–water partition coefficient (Wildman–Crippen LogP) is 2.71. The van der Waals surface area contributed by atoms with Gasteiger partial charge in [0.15, 0.2) is 5.82 Å². The highest BCUT2D eigenvalue weighted by atomic mass is 127. The lowest BCUT2D eigenvalue weighted by Gasteiger charge is -2.10. The van der Waals surface area contributed by atoms with Crippen LogP contribution >= 0.6 is 22.6 Å². The van der Waals surface area contributed by atoms with E-state index >= 15 is 0 Å². The van der Waals surface area contributed by atoms with Gasteiger partial charge in [-0.3, -0.25) is 4.68 Å². The van der Waals surface area contributed by atoms with Gasteiger partial charge >= 0.3 is 0 Å². The number of rotatable bonds is 3. The van der Waals surface area contributed by atoms with Gasteiger partial charge in [-0.2, -0.15) is 5.10 Å². The Bertz CT molecular complexity index is 630. The molecule has 0 radical (unpaired) electrons. The summed E-state index contributed by atoms with van der Waals surface area (Å²) in [4.78, 5) is 9.40. The zero-order valence-electron chi connectivity index (χ0n) is 11.2. The fourth-order valence-electron chi connectivity index (χ4n) is 2.20. The number of hydrogen-bond acceptors (Lipinski definition) is 4. The van der Waals surface area contributed by atoms with Crippen molar-refractivity contribution >= 4 is 28.4 Å². The van der Waals surface area contributed by atoms with Gasteiger partial charge in [0, 0.05) is 26.2 Å². The molecule has 0 aliphatic heterocycles. The summed E-state index contributed by atoms with van der Waals surface area (Å²) in [7, 11) is 3.82. The van der Waals surface area contributed by atoms with Crippen LogP contribution in [-0.4, -0.2) is 26.8 Å². The van der Waals surface area contributed by atoms with Crippen molar-refractivity contribution in [2.45, 2.75) is 25.7 Å². The number of halogens is 1. The molecule has 5 nitrogen and oxygen atoms in total. The highest BCUT2D eigenvalue weighted by molar-refractivity contribution is 14.1. The number of aromatic nitrogens is 4. The van der Waals surface area contributed by atoms with Crippen molar-refractivity contribution in [2.24, 2.45) is 7.05 Å². The van der Waals surface area contributed by atoms with Crippen LogP contribution in [0.2, 0.25) is 0 Å². The zero-order chi connectivity index (χ0) is 13.6. The van der Waals surface area contributed by atoms with Crippen molar-refractivity contribution in [3.8, 4) is 11.4 Å². The Kier molecular flexibility index (Phi) is 3.20. The van der Waals surface area contributed by atoms with E-state index in [4.69, 9.17) is 4.98 Å². The molecule has 19 heavy (non-hydrogen) atoms. The van der Waals surface area contributed by atoms with Gasteiger partial charge in [0.05, 0.1) is 20.5 Å². The Labute approximate surface area is 126 Å². The number of hydrogen-bond donors (Lipinski definition) is 1. The van der Waals surface area contributed by atoms with E-state index in [1.165, 1.54) is 18.5 Å². The zero-order valence-corrected chi connectivity index (χ0v) is 13.4. The van der Waals surface area contributed by atoms with Crippen molar-refractivity contribution in [3.63, 3.8) is 0 Å². The molecule has 2 heterocycles. The van der Waals surface area contributed by atoms with E-state index < -0.39 is 0 Å². The van der Waals surface area contributed by atoms with Crippen molar-refractivity contribution < 1.29 is 0 Å². The first-order chi connectivity index (χ1) is 9.10. The molecule has 0 saturated heterocycles. The van der Waals surface area contributed by atoms with Crippen LogP contribution in [0, 0.1) is 10.5 Å². The molecule has 6 heteroatoms. The molecule has 3 rings (SSSR count). The van der Waals surface area contributed by atoms with Gasteiger partial charge in [-0.25, -0.2) is 9.97 Å². The standard InChI is InChI=1S/C13H16IN5/c1-7-9(6-19(3)18-7)12-16-11(8-4-5-8)10(14)13(15-2)17-12/h6,8H,4-5H2,1-3H3,(H,15,16,17). The minimum atomic E-state index is 0.609. The van der Waals surface area contributed by atoms with Gasteiger partial charge in [-0.1, -0.05) is 0 Å². The summed E-state index contributed by atoms with van der Waals surface area (Å²) in [6.07, 6.45) is 4.46. The van der Waals surface area contributed by atoms with Crippen LogP contribution in [0.15, 0.2) is 6.20 Å². The minimum absolute atomic E-state index is 0.609. The number of aryl methyl sites for hydroxylation is 2. The quantitative estimate of drug-likeness (QED) is 0.846. The number of nitrogens with one attached hydrogen (secondary N) is 1. The van der Waals surface area contributed by atoms with Crippen LogP contribution in [0.5, 0.6) is 0 Å². The van der Waals surface area contributed by atoms with E-state index in [0.29, 0.717) is 5.92 Å². The first kappa shape index (κ1) is 12.8. The lowest BCUT2D eigenvalue weighted by atomic mass is 10.2. The molecule has 0 spiro atoms. The molecule has 1 fully saturated rings. The second-order valence-corrected chi connectivity index (χ2v) is 6.00. The van der Waals surface area contributed by atoms with Gasteiger partial charge in [-0.05, 0) is 42.4 Å². The van der Waals surface area contributed by atoms with Gasteiger partial charge in [-0.15, -0.1) is 0 Å². The molecule has 0 atom stereocenters. The van der Waals surface area contributed by atoms with Gasteiger partial charge < -0.3 is 5.32 Å². The number of nitrogens with zero attached hydrogens (tertiary/aromatic N) is 4. The first-order valence-corrected chi connectivity index (χ1v) is 7.44. The third-order valence-electron chi connectivity index (χ3n) is 3.33. The van der Waals surface area contributed by atoms with Crippen LogP contribution in [0.3, 0.4) is 0 Å². The fraction of sp³-hybridized carbons (Fsp3) is 0.462. The van der Waals surface area contributed by atoms with Gasteiger partial charge in [0.2, 0.25) is 0 Å². The largest absolute Gasteiger partial charge is 0.372 e. The Balaban J connectivity index is 2.16. The highest BCUT2D eigenvalue weighted by Gasteiger charge is 2.29. The summed E-state index contributed by atoms with van der Waals surface area (Å²) in [5.74, 6) is 2.30. The summed E-state index contributed by atoms with van der Waals surface area (Å²) in [6, 6.07) is 0. The van der Waals surface area contributed by atoms with Crippen LogP contribution in [0.25, 0.3) is 11.4 Å². The lowest BCUT2D eigenvalue weighted by molar-refractivity contribution is 0.756. The Morgan fingerprint density at radius 3 is 2.63 bits per heavy atom. The third-order valence-corrected chi connectivity index (χ3v) is 4.40. The molecule has 1 saturated carbocycles. The maximum atomic E-state index is 4.78. The van der Waals surface area contributed by atoms with Crippen molar-refractivity contribution in [1.82, 2.24) is 19.7 Å². The summed E-state index contributed by atoms with van der Waals surface area (Å²) in [5.41, 5.74) is 3.16. The van der Waals surface area contributed by atoms with Gasteiger partial charge in [0.1, 0.15) is 5.82 Å². The topological polar surface area (TPSA) is 55.6 Å². The van der Waals surface area contributed by atoms with Gasteiger partial charge in [0.25, 0.3) is 0 Å². The highest BCUT2D eigenvalue weighted by Crippen LogP contribution is 2.42. The second kappa shape index (κ2) is 4.73. The first-order valence-electron chi connectivity index (χ1n) is 6.36. The lowest BCUT2D eigenvalue weighted by Crippen LogP contribution is -2.04. The maximum Gasteiger partial charge on any atom is 0.165 e. The van der Waals surface area contributed by atoms with Crippen molar-refractivity contribution in [3.05, 3.63) is 21.2 Å². The molecule has 2 aromatic rings. The Hall–Kier alpha value is -1.18. The summed E-state index contributed by atoms with van der Waals surface area (Å²) < 4.78 is 2.95. The SMILES string of the molecule is CNc1nc(-c2cn(C)nc2C)nc(C2CC2)c1I. The molecule has 0 amide bonds. The smallest absolute Gasteiger partial charge is 0.165 e. The average molecular weight is 369 g/mol. The molecule has 100 valence electrons. The van der Waals surface area contributed by atoms with E-state index in [2.05, 4.69) is 38.0 Å². The van der Waals surface area contributed by atoms with Crippen LogP contribution < -0.4 is 5.32 Å². The fourth-order valence-corrected chi connectivity index (χ4v) is 3.15. The van der Waals surface area contributed by atoms with E-state index in [0.717, 1.165) is 26.5 Å². The normalized spacial score (nSPS) is 14.7. The molecule has 1 aliphatic rings. The second-order valence-electron chi connectivity index (χ2n) is 4.92. The van der Waals surface area contributed by atoms with E-state index in [1.54, 1.807) is 0 Å². The minimum Gasteiger partial charge on any atom is -0.372 e. The summed E-state index contributed by atoms with van der Waals surface area (Å²) >= 11 is 2.34. The molecule has 0 bridgehead atoms. The predicted molar refractivity (Wildman–Crippen MR) is 83.2 cm³/mol. The molecule has 0 unspecified atom stereocenters. The monoisotopic (exact) mass is 369 g/mol. The molecular formula is C13H16IN5. The Morgan fingerprint density at radius 2 is 2.11 bits per heavy atom. The van der Waals surface area contributed by atoms with E-state index in [9.17, 15) is 0 Å². The number of anilines is 1. The van der Waals surface area contributed by atoms with Crippen LogP contribution in [0.4, 0.5) is 5.82 Å². The molecule has 0 aromatic carbocycles. The van der Waals surface area contributed by atoms with Crippen LogP contribution in [0.1, 0.15) is 30.1 Å². The maximum absolute atomic E-state index is 4.78. The molecule has 1 N–H and O–H groups in total. The van der Waals surface area contributed by atoms with Crippen molar-refractivity contribution in [1.29, 1.82) is 0 Å². The summed E-state index contributed by atoms with van der Waals surface area (Å²) in [6.45, 7) is 1.99. The Morgan fingerprint density at radius 1 is 1.37 bits per heavy atom. The van der Waals surface area contributed by atoms with E-state index in [1.807, 2.05) is 31.9 Å². The molecular weight excluding hydrogens is 353 g/mol. The third kappa shape index (κ3) is 2.33. The van der Waals surface area contributed by atoms with Crippen LogP contribution in [-0.2, 0) is 7.05 Å². The summed E-state index contributed by atoms with van der Waals surface area (Å²) in [5, 5.41) is 7.54.